The quantitative estimate of drug-likeness (QED) is 0.809. The van der Waals surface area contributed by atoms with E-state index in [0.717, 1.165) is 12.8 Å². The molecule has 146 valence electrons. The number of halogens is 1. The van der Waals surface area contributed by atoms with Crippen molar-refractivity contribution in [1.82, 2.24) is 9.62 Å². The van der Waals surface area contributed by atoms with Gasteiger partial charge < -0.3 is 5.32 Å². The van der Waals surface area contributed by atoms with Crippen molar-refractivity contribution in [2.45, 2.75) is 36.7 Å². The van der Waals surface area contributed by atoms with Gasteiger partial charge in [0.05, 0.1) is 16.5 Å². The lowest BCUT2D eigenvalue weighted by atomic mass is 10.1. The Bertz CT molecular complexity index is 983. The third-order valence-electron chi connectivity index (χ3n) is 4.70. The zero-order chi connectivity index (χ0) is 20.1. The molecule has 2 aromatic rings. The molecule has 1 N–H and O–H groups in total. The number of nitrogens with one attached hydrogen (secondary N) is 1. The lowest BCUT2D eigenvalue weighted by Crippen LogP contribution is -2.48. The molecule has 1 saturated heterocycles. The van der Waals surface area contributed by atoms with Crippen molar-refractivity contribution in [1.29, 1.82) is 5.26 Å². The summed E-state index contributed by atoms with van der Waals surface area (Å²) < 4.78 is 28.0. The van der Waals surface area contributed by atoms with Crippen LogP contribution in [0.5, 0.6) is 0 Å². The molecule has 0 radical (unpaired) electrons. The van der Waals surface area contributed by atoms with E-state index in [4.69, 9.17) is 16.9 Å². The molecule has 0 bridgehead atoms. The van der Waals surface area contributed by atoms with E-state index in [0.29, 0.717) is 29.1 Å². The Hall–Kier alpha value is -2.40. The molecule has 1 aliphatic rings. The van der Waals surface area contributed by atoms with Crippen molar-refractivity contribution in [3.8, 4) is 6.07 Å². The molecule has 1 amide bonds. The van der Waals surface area contributed by atoms with Crippen molar-refractivity contribution in [3.05, 3.63) is 64.7 Å². The smallest absolute Gasteiger partial charge is 0.244 e. The highest BCUT2D eigenvalue weighted by Crippen LogP contribution is 2.26. The number of sulfonamides is 1. The Morgan fingerprint density at radius 2 is 1.79 bits per heavy atom. The normalized spacial score (nSPS) is 17.6. The Morgan fingerprint density at radius 3 is 2.43 bits per heavy atom. The third kappa shape index (κ3) is 4.53. The van der Waals surface area contributed by atoms with E-state index in [1.807, 2.05) is 6.07 Å². The molecule has 3 rings (SSSR count). The monoisotopic (exact) mass is 417 g/mol. The van der Waals surface area contributed by atoms with E-state index in [2.05, 4.69) is 5.32 Å². The van der Waals surface area contributed by atoms with Crippen LogP contribution in [0.2, 0.25) is 5.02 Å². The largest absolute Gasteiger partial charge is 0.355 e. The maximum absolute atomic E-state index is 13.4. The van der Waals surface area contributed by atoms with Crippen molar-refractivity contribution >= 4 is 27.5 Å². The zero-order valence-corrected chi connectivity index (χ0v) is 16.7. The number of nitrogens with zero attached hydrogens (tertiary/aromatic N) is 2. The molecule has 2 aromatic carbocycles. The third-order valence-corrected chi connectivity index (χ3v) is 6.82. The summed E-state index contributed by atoms with van der Waals surface area (Å²) in [6.07, 6.45) is 2.02. The van der Waals surface area contributed by atoms with Gasteiger partial charge in [0.2, 0.25) is 15.9 Å². The lowest BCUT2D eigenvalue weighted by Gasteiger charge is -2.29. The van der Waals surface area contributed by atoms with Crippen LogP contribution >= 0.6 is 11.6 Å². The molecule has 0 spiro atoms. The van der Waals surface area contributed by atoms with E-state index < -0.39 is 16.1 Å². The number of carbonyl (C=O) groups excluding carboxylic acids is 1. The highest BCUT2D eigenvalue weighted by Gasteiger charge is 2.36. The zero-order valence-electron chi connectivity index (χ0n) is 15.1. The molecule has 0 aromatic heterocycles. The molecule has 0 saturated carbocycles. The summed E-state index contributed by atoms with van der Waals surface area (Å²) in [7, 11) is -3.93. The van der Waals surface area contributed by atoms with Gasteiger partial charge in [0.15, 0.2) is 0 Å². The second kappa shape index (κ2) is 8.74. The minimum atomic E-state index is -3.93. The molecule has 1 unspecified atom stereocenters. The molecular weight excluding hydrogens is 398 g/mol. The Labute approximate surface area is 169 Å². The minimum Gasteiger partial charge on any atom is -0.355 e. The molecule has 0 aliphatic carbocycles. The fraction of sp³-hybridized carbons (Fsp3) is 0.300. The minimum absolute atomic E-state index is 0.0365. The maximum Gasteiger partial charge on any atom is 0.244 e. The summed E-state index contributed by atoms with van der Waals surface area (Å²) in [5.41, 5.74) is 1.19. The first kappa shape index (κ1) is 20.3. The fourth-order valence-corrected chi connectivity index (χ4v) is 4.90. The second-order valence-corrected chi connectivity index (χ2v) is 8.94. The van der Waals surface area contributed by atoms with Crippen LogP contribution in [0.3, 0.4) is 0 Å². The van der Waals surface area contributed by atoms with Crippen LogP contribution in [0.15, 0.2) is 53.4 Å². The number of amides is 1. The van der Waals surface area contributed by atoms with Crippen molar-refractivity contribution in [2.75, 3.05) is 6.54 Å². The van der Waals surface area contributed by atoms with Crippen LogP contribution in [0, 0.1) is 11.3 Å². The van der Waals surface area contributed by atoms with Gasteiger partial charge in [-0.05, 0) is 61.2 Å². The van der Waals surface area contributed by atoms with E-state index in [-0.39, 0.29) is 17.3 Å². The highest BCUT2D eigenvalue weighted by molar-refractivity contribution is 7.89. The van der Waals surface area contributed by atoms with E-state index >= 15 is 0 Å². The Balaban J connectivity index is 2.00. The number of rotatable bonds is 5. The van der Waals surface area contributed by atoms with Crippen molar-refractivity contribution in [3.63, 3.8) is 0 Å². The van der Waals surface area contributed by atoms with E-state index in [1.54, 1.807) is 24.3 Å². The van der Waals surface area contributed by atoms with Crippen LogP contribution in [0.4, 0.5) is 0 Å². The summed E-state index contributed by atoms with van der Waals surface area (Å²) in [4.78, 5) is 12.7. The molecule has 1 fully saturated rings. The van der Waals surface area contributed by atoms with Crippen LogP contribution in [-0.2, 0) is 21.4 Å². The first-order valence-corrected chi connectivity index (χ1v) is 10.8. The van der Waals surface area contributed by atoms with Crippen LogP contribution in [0.25, 0.3) is 0 Å². The van der Waals surface area contributed by atoms with E-state index in [9.17, 15) is 13.2 Å². The summed E-state index contributed by atoms with van der Waals surface area (Å²) in [6.45, 7) is 0.579. The van der Waals surface area contributed by atoms with Crippen molar-refractivity contribution < 1.29 is 13.2 Å². The molecule has 28 heavy (non-hydrogen) atoms. The Kier molecular flexibility index (Phi) is 6.35. The molecule has 1 atom stereocenters. The number of nitriles is 1. The summed E-state index contributed by atoms with van der Waals surface area (Å²) in [6, 6.07) is 13.8. The van der Waals surface area contributed by atoms with Gasteiger partial charge in [-0.15, -0.1) is 0 Å². The predicted molar refractivity (Wildman–Crippen MR) is 106 cm³/mol. The molecule has 1 heterocycles. The summed E-state index contributed by atoms with van der Waals surface area (Å²) in [5, 5.41) is 12.2. The van der Waals surface area contributed by atoms with Crippen molar-refractivity contribution in [2.24, 2.45) is 0 Å². The first-order valence-electron chi connectivity index (χ1n) is 8.96. The Morgan fingerprint density at radius 1 is 1.11 bits per heavy atom. The molecule has 1 aliphatic heterocycles. The van der Waals surface area contributed by atoms with Crippen LogP contribution < -0.4 is 5.32 Å². The van der Waals surface area contributed by atoms with Gasteiger partial charge in [0, 0.05) is 18.1 Å². The van der Waals surface area contributed by atoms with Crippen LogP contribution in [-0.4, -0.2) is 31.2 Å². The average molecular weight is 418 g/mol. The predicted octanol–water partition coefficient (Wildman–Crippen LogP) is 3.07. The SMILES string of the molecule is N#Cc1ccc(CN(C2CCCCNC2=O)S(=O)(=O)c2ccc(Cl)cc2)cc1. The second-order valence-electron chi connectivity index (χ2n) is 6.62. The number of carbonyl (C=O) groups is 1. The fourth-order valence-electron chi connectivity index (χ4n) is 3.17. The maximum atomic E-state index is 13.4. The highest BCUT2D eigenvalue weighted by atomic mass is 35.5. The van der Waals surface area contributed by atoms with Gasteiger partial charge >= 0.3 is 0 Å². The van der Waals surface area contributed by atoms with Gasteiger partial charge in [0.1, 0.15) is 6.04 Å². The van der Waals surface area contributed by atoms with E-state index in [1.165, 1.54) is 28.6 Å². The number of hydrogen-bond donors (Lipinski definition) is 1. The molecule has 8 heteroatoms. The van der Waals surface area contributed by atoms with Gasteiger partial charge in [0.25, 0.3) is 0 Å². The summed E-state index contributed by atoms with van der Waals surface area (Å²) >= 11 is 5.89. The number of hydrogen-bond acceptors (Lipinski definition) is 4. The van der Waals surface area contributed by atoms with Gasteiger partial charge in [-0.1, -0.05) is 23.7 Å². The lowest BCUT2D eigenvalue weighted by molar-refractivity contribution is -0.124. The summed E-state index contributed by atoms with van der Waals surface area (Å²) in [5.74, 6) is -0.288. The first-order chi connectivity index (χ1) is 13.4. The molecular formula is C20H20ClN3O3S. The van der Waals surface area contributed by atoms with Gasteiger partial charge in [-0.25, -0.2) is 8.42 Å². The number of benzene rings is 2. The average Bonchev–Trinajstić information content (AvgIpc) is 2.91. The topological polar surface area (TPSA) is 90.3 Å². The molecule has 6 nitrogen and oxygen atoms in total. The standard InChI is InChI=1S/C20H20ClN3O3S/c21-17-8-10-18(11-9-17)28(26,27)24(19-3-1-2-12-23-20(19)25)14-16-6-4-15(13-22)5-7-16/h4-11,19H,1-3,12,14H2,(H,23,25). The van der Waals surface area contributed by atoms with Crippen LogP contribution in [0.1, 0.15) is 30.4 Å². The van der Waals surface area contributed by atoms with Gasteiger partial charge in [-0.2, -0.15) is 9.57 Å². The van der Waals surface area contributed by atoms with Gasteiger partial charge in [-0.3, -0.25) is 4.79 Å².